The van der Waals surface area contributed by atoms with Crippen LogP contribution in [0.4, 0.5) is 5.82 Å². The largest absolute Gasteiger partial charge is 0.476 e. The van der Waals surface area contributed by atoms with E-state index in [0.29, 0.717) is 5.65 Å². The van der Waals surface area contributed by atoms with Gasteiger partial charge in [0, 0.05) is 6.54 Å². The van der Waals surface area contributed by atoms with Gasteiger partial charge in [0.15, 0.2) is 11.3 Å². The van der Waals surface area contributed by atoms with Crippen LogP contribution in [0.5, 0.6) is 0 Å². The fraction of sp³-hybridized carbons (Fsp3) is 0.417. The molecule has 2 N–H and O–H groups in total. The third-order valence-electron chi connectivity index (χ3n) is 3.34. The Kier molecular flexibility index (Phi) is 2.62. The molecule has 3 rings (SSSR count). The van der Waals surface area contributed by atoms with Crippen LogP contribution in [0.3, 0.4) is 0 Å². The molecule has 1 saturated carbocycles. The standard InChI is InChI=1S/C12H14N4O2/c17-12(18)9-7-16-11(14-9)5-4-10(15-16)13-6-8-2-1-3-8/h4-5,7-8H,1-3,6H2,(H,13,15)(H,17,18). The fourth-order valence-corrected chi connectivity index (χ4v) is 2.03. The Morgan fingerprint density at radius 3 is 3.00 bits per heavy atom. The fourth-order valence-electron chi connectivity index (χ4n) is 2.03. The number of carboxylic acid groups (broad SMARTS) is 1. The molecule has 0 aliphatic heterocycles. The molecule has 6 heteroatoms. The molecule has 0 amide bonds. The number of nitrogens with one attached hydrogen (secondary N) is 1. The van der Waals surface area contributed by atoms with Crippen LogP contribution in [0, 0.1) is 5.92 Å². The lowest BCUT2D eigenvalue weighted by molar-refractivity contribution is 0.0691. The van der Waals surface area contributed by atoms with E-state index >= 15 is 0 Å². The highest BCUT2D eigenvalue weighted by Gasteiger charge is 2.17. The SMILES string of the molecule is O=C(O)c1cn2nc(NCC3CCC3)ccc2n1. The summed E-state index contributed by atoms with van der Waals surface area (Å²) in [7, 11) is 0. The van der Waals surface area contributed by atoms with E-state index in [9.17, 15) is 4.79 Å². The molecule has 0 saturated heterocycles. The number of fused-ring (bicyclic) bond motifs is 1. The number of rotatable bonds is 4. The molecule has 0 atom stereocenters. The molecule has 6 nitrogen and oxygen atoms in total. The third kappa shape index (κ3) is 2.01. The summed E-state index contributed by atoms with van der Waals surface area (Å²) < 4.78 is 1.49. The molecule has 2 heterocycles. The third-order valence-corrected chi connectivity index (χ3v) is 3.34. The number of carboxylic acids is 1. The van der Waals surface area contributed by atoms with Crippen LogP contribution in [0.25, 0.3) is 5.65 Å². The van der Waals surface area contributed by atoms with Gasteiger partial charge in [-0.2, -0.15) is 0 Å². The first-order valence-electron chi connectivity index (χ1n) is 6.06. The van der Waals surface area contributed by atoms with Crippen molar-refractivity contribution in [3.63, 3.8) is 0 Å². The number of aromatic nitrogens is 3. The highest BCUT2D eigenvalue weighted by atomic mass is 16.4. The Balaban J connectivity index is 1.78. The van der Waals surface area contributed by atoms with Crippen LogP contribution in [0.15, 0.2) is 18.3 Å². The molecule has 1 fully saturated rings. The molecular weight excluding hydrogens is 232 g/mol. The maximum absolute atomic E-state index is 10.8. The first-order valence-corrected chi connectivity index (χ1v) is 6.06. The summed E-state index contributed by atoms with van der Waals surface area (Å²) in [6, 6.07) is 3.59. The number of anilines is 1. The number of hydrogen-bond acceptors (Lipinski definition) is 4. The van der Waals surface area contributed by atoms with Crippen LogP contribution < -0.4 is 5.32 Å². The zero-order chi connectivity index (χ0) is 12.5. The summed E-state index contributed by atoms with van der Waals surface area (Å²) in [6.07, 6.45) is 5.31. The highest BCUT2D eigenvalue weighted by molar-refractivity contribution is 5.86. The van der Waals surface area contributed by atoms with Gasteiger partial charge in [0.1, 0.15) is 5.82 Å². The van der Waals surface area contributed by atoms with Crippen LogP contribution >= 0.6 is 0 Å². The number of imidazole rings is 1. The van der Waals surface area contributed by atoms with E-state index in [2.05, 4.69) is 15.4 Å². The molecule has 0 aromatic carbocycles. The summed E-state index contributed by atoms with van der Waals surface area (Å²) in [5.41, 5.74) is 0.556. The Hall–Kier alpha value is -2.11. The predicted octanol–water partition coefficient (Wildman–Crippen LogP) is 1.64. The number of carbonyl (C=O) groups is 1. The maximum Gasteiger partial charge on any atom is 0.356 e. The summed E-state index contributed by atoms with van der Waals surface area (Å²) in [5.74, 6) is 0.466. The maximum atomic E-state index is 10.8. The molecule has 1 aliphatic carbocycles. The van der Waals surface area contributed by atoms with E-state index in [1.165, 1.54) is 30.0 Å². The van der Waals surface area contributed by atoms with E-state index in [-0.39, 0.29) is 5.69 Å². The van der Waals surface area contributed by atoms with E-state index < -0.39 is 5.97 Å². The monoisotopic (exact) mass is 246 g/mol. The van der Waals surface area contributed by atoms with Gasteiger partial charge in [-0.05, 0) is 30.9 Å². The second-order valence-electron chi connectivity index (χ2n) is 4.63. The van der Waals surface area contributed by atoms with Crippen molar-refractivity contribution in [2.75, 3.05) is 11.9 Å². The van der Waals surface area contributed by atoms with Gasteiger partial charge >= 0.3 is 5.97 Å². The minimum Gasteiger partial charge on any atom is -0.476 e. The molecule has 0 bridgehead atoms. The summed E-state index contributed by atoms with van der Waals surface area (Å²) in [4.78, 5) is 14.7. The van der Waals surface area contributed by atoms with E-state index in [4.69, 9.17) is 5.11 Å². The van der Waals surface area contributed by atoms with Crippen molar-refractivity contribution in [1.29, 1.82) is 0 Å². The van der Waals surface area contributed by atoms with Crippen LogP contribution in [-0.2, 0) is 0 Å². The van der Waals surface area contributed by atoms with E-state index in [1.54, 1.807) is 6.07 Å². The molecule has 2 aromatic rings. The number of nitrogens with zero attached hydrogens (tertiary/aromatic N) is 3. The van der Waals surface area contributed by atoms with Gasteiger partial charge in [0.05, 0.1) is 6.20 Å². The number of hydrogen-bond donors (Lipinski definition) is 2. The Labute approximate surface area is 104 Å². The van der Waals surface area contributed by atoms with Crippen molar-refractivity contribution in [2.45, 2.75) is 19.3 Å². The van der Waals surface area contributed by atoms with Gasteiger partial charge in [-0.3, -0.25) is 0 Å². The zero-order valence-electron chi connectivity index (χ0n) is 9.83. The average molecular weight is 246 g/mol. The predicted molar refractivity (Wildman–Crippen MR) is 65.8 cm³/mol. The van der Waals surface area contributed by atoms with Gasteiger partial charge in [-0.15, -0.1) is 5.10 Å². The van der Waals surface area contributed by atoms with Crippen molar-refractivity contribution in [2.24, 2.45) is 5.92 Å². The molecule has 94 valence electrons. The van der Waals surface area contributed by atoms with Crippen molar-refractivity contribution in [3.05, 3.63) is 24.0 Å². The van der Waals surface area contributed by atoms with E-state index in [1.807, 2.05) is 6.07 Å². The molecule has 18 heavy (non-hydrogen) atoms. The lowest BCUT2D eigenvalue weighted by Crippen LogP contribution is -2.21. The Morgan fingerprint density at radius 1 is 1.50 bits per heavy atom. The molecule has 1 aliphatic rings. The van der Waals surface area contributed by atoms with Crippen molar-refractivity contribution in [3.8, 4) is 0 Å². The number of aromatic carboxylic acids is 1. The van der Waals surface area contributed by atoms with Gasteiger partial charge in [0.2, 0.25) is 0 Å². The Bertz CT molecular complexity index is 589. The second kappa shape index (κ2) is 4.29. The lowest BCUT2D eigenvalue weighted by atomic mass is 9.85. The quantitative estimate of drug-likeness (QED) is 0.857. The normalized spacial score (nSPS) is 15.6. The minimum atomic E-state index is -1.04. The van der Waals surface area contributed by atoms with Gasteiger partial charge < -0.3 is 10.4 Å². The smallest absolute Gasteiger partial charge is 0.356 e. The minimum absolute atomic E-state index is 0.0126. The van der Waals surface area contributed by atoms with Crippen LogP contribution in [0.1, 0.15) is 29.8 Å². The van der Waals surface area contributed by atoms with Gasteiger partial charge in [-0.25, -0.2) is 14.3 Å². The van der Waals surface area contributed by atoms with Crippen molar-refractivity contribution in [1.82, 2.24) is 14.6 Å². The average Bonchev–Trinajstić information content (AvgIpc) is 2.70. The molecule has 2 aromatic heterocycles. The van der Waals surface area contributed by atoms with Crippen LogP contribution in [-0.4, -0.2) is 32.2 Å². The summed E-state index contributed by atoms with van der Waals surface area (Å²) in [6.45, 7) is 0.930. The molecule has 0 spiro atoms. The Morgan fingerprint density at radius 2 is 2.33 bits per heavy atom. The first-order chi connectivity index (χ1) is 8.72. The molecule has 0 radical (unpaired) electrons. The molecular formula is C12H14N4O2. The van der Waals surface area contributed by atoms with Crippen molar-refractivity contribution >= 4 is 17.4 Å². The summed E-state index contributed by atoms with van der Waals surface area (Å²) in [5, 5.41) is 16.4. The van der Waals surface area contributed by atoms with Crippen LogP contribution in [0.2, 0.25) is 0 Å². The highest BCUT2D eigenvalue weighted by Crippen LogP contribution is 2.26. The first kappa shape index (κ1) is 11.0. The van der Waals surface area contributed by atoms with Gasteiger partial charge in [-0.1, -0.05) is 6.42 Å². The summed E-state index contributed by atoms with van der Waals surface area (Å²) >= 11 is 0. The van der Waals surface area contributed by atoms with Gasteiger partial charge in [0.25, 0.3) is 0 Å². The van der Waals surface area contributed by atoms with E-state index in [0.717, 1.165) is 18.3 Å². The second-order valence-corrected chi connectivity index (χ2v) is 4.63. The lowest BCUT2D eigenvalue weighted by Gasteiger charge is -2.25. The molecule has 0 unspecified atom stereocenters. The zero-order valence-corrected chi connectivity index (χ0v) is 9.83. The topological polar surface area (TPSA) is 79.5 Å². The van der Waals surface area contributed by atoms with Crippen molar-refractivity contribution < 1.29 is 9.90 Å².